The van der Waals surface area contributed by atoms with Crippen LogP contribution < -0.4 is 5.32 Å². The van der Waals surface area contributed by atoms with Gasteiger partial charge in [0.15, 0.2) is 11.5 Å². The third-order valence-corrected chi connectivity index (χ3v) is 4.11. The Hall–Kier alpha value is -2.17. The molecular formula is C15H17N5. The van der Waals surface area contributed by atoms with E-state index in [-0.39, 0.29) is 0 Å². The van der Waals surface area contributed by atoms with Crippen LogP contribution in [0.3, 0.4) is 0 Å². The topological polar surface area (TPSA) is 55.1 Å². The van der Waals surface area contributed by atoms with Gasteiger partial charge in [0.25, 0.3) is 0 Å². The lowest BCUT2D eigenvalue weighted by Gasteiger charge is -2.23. The maximum Gasteiger partial charge on any atom is 0.185 e. The number of anilines is 1. The molecule has 1 fully saturated rings. The third-order valence-electron chi connectivity index (χ3n) is 4.11. The van der Waals surface area contributed by atoms with Crippen LogP contribution >= 0.6 is 0 Å². The first-order valence-corrected chi connectivity index (χ1v) is 7.27. The minimum absolute atomic E-state index is 0.536. The van der Waals surface area contributed by atoms with Crippen molar-refractivity contribution in [1.82, 2.24) is 19.8 Å². The van der Waals surface area contributed by atoms with Crippen molar-refractivity contribution in [1.29, 1.82) is 0 Å². The molecule has 1 N–H and O–H groups in total. The lowest BCUT2D eigenvalue weighted by Crippen LogP contribution is -2.23. The van der Waals surface area contributed by atoms with E-state index < -0.39 is 0 Å². The first-order valence-electron chi connectivity index (χ1n) is 7.27. The molecule has 1 saturated carbocycles. The molecule has 102 valence electrons. The average Bonchev–Trinajstić information content (AvgIpc) is 2.97. The maximum atomic E-state index is 4.64. The summed E-state index contributed by atoms with van der Waals surface area (Å²) in [5.74, 6) is 0.944. The van der Waals surface area contributed by atoms with Gasteiger partial charge in [-0.05, 0) is 12.8 Å². The van der Waals surface area contributed by atoms with E-state index >= 15 is 0 Å². The molecule has 0 amide bonds. The van der Waals surface area contributed by atoms with E-state index in [1.54, 1.807) is 10.8 Å². The molecule has 0 bridgehead atoms. The lowest BCUT2D eigenvalue weighted by atomic mass is 9.95. The van der Waals surface area contributed by atoms with Crippen LogP contribution in [-0.2, 0) is 0 Å². The molecule has 0 unspecified atom stereocenters. The molecule has 20 heavy (non-hydrogen) atoms. The summed E-state index contributed by atoms with van der Waals surface area (Å²) in [6.45, 7) is 0. The number of aromatic nitrogens is 4. The normalized spacial score (nSPS) is 16.8. The molecule has 5 heteroatoms. The number of fused-ring (bicyclic) bond motifs is 3. The van der Waals surface area contributed by atoms with Crippen LogP contribution in [0.2, 0.25) is 0 Å². The molecule has 1 aliphatic rings. The zero-order valence-corrected chi connectivity index (χ0v) is 11.3. The summed E-state index contributed by atoms with van der Waals surface area (Å²) in [5.41, 5.74) is 0.815. The maximum absolute atomic E-state index is 4.64. The van der Waals surface area contributed by atoms with E-state index in [0.717, 1.165) is 22.2 Å². The minimum atomic E-state index is 0.536. The first-order chi connectivity index (χ1) is 9.92. The van der Waals surface area contributed by atoms with Crippen molar-refractivity contribution in [2.45, 2.75) is 38.1 Å². The van der Waals surface area contributed by atoms with Gasteiger partial charge in [-0.3, -0.25) is 0 Å². The predicted molar refractivity (Wildman–Crippen MR) is 78.8 cm³/mol. The largest absolute Gasteiger partial charge is 0.365 e. The molecule has 1 aliphatic carbocycles. The van der Waals surface area contributed by atoms with Crippen molar-refractivity contribution in [2.24, 2.45) is 0 Å². The van der Waals surface area contributed by atoms with Gasteiger partial charge in [-0.2, -0.15) is 4.52 Å². The monoisotopic (exact) mass is 267 g/mol. The van der Waals surface area contributed by atoms with E-state index in [0.29, 0.717) is 6.04 Å². The summed E-state index contributed by atoms with van der Waals surface area (Å²) in [4.78, 5) is 0. The fourth-order valence-corrected chi connectivity index (χ4v) is 3.07. The number of rotatable bonds is 2. The molecule has 0 aliphatic heterocycles. The van der Waals surface area contributed by atoms with Crippen molar-refractivity contribution >= 4 is 22.2 Å². The van der Waals surface area contributed by atoms with Crippen LogP contribution in [0.25, 0.3) is 16.4 Å². The van der Waals surface area contributed by atoms with Crippen molar-refractivity contribution in [3.05, 3.63) is 30.6 Å². The van der Waals surface area contributed by atoms with Gasteiger partial charge in [0.05, 0.1) is 0 Å². The second-order valence-electron chi connectivity index (χ2n) is 5.47. The average molecular weight is 267 g/mol. The van der Waals surface area contributed by atoms with Gasteiger partial charge in [0.1, 0.15) is 6.33 Å². The third kappa shape index (κ3) is 1.90. The van der Waals surface area contributed by atoms with Crippen LogP contribution in [0.4, 0.5) is 5.82 Å². The van der Waals surface area contributed by atoms with Crippen LogP contribution in [0, 0.1) is 0 Å². The summed E-state index contributed by atoms with van der Waals surface area (Å²) in [7, 11) is 0. The Bertz CT molecular complexity index is 742. The van der Waals surface area contributed by atoms with Gasteiger partial charge in [-0.25, -0.2) is 0 Å². The van der Waals surface area contributed by atoms with E-state index in [9.17, 15) is 0 Å². The SMILES string of the molecule is c1ccc2c(c1)c(NC1CCCCC1)nn1cnnc21. The van der Waals surface area contributed by atoms with Gasteiger partial charge in [0, 0.05) is 16.8 Å². The Labute approximate surface area is 117 Å². The highest BCUT2D eigenvalue weighted by molar-refractivity contribution is 5.99. The molecule has 2 aromatic heterocycles. The van der Waals surface area contributed by atoms with Crippen molar-refractivity contribution < 1.29 is 0 Å². The number of nitrogens with zero attached hydrogens (tertiary/aromatic N) is 4. The molecule has 0 spiro atoms. The zero-order chi connectivity index (χ0) is 13.4. The Kier molecular flexibility index (Phi) is 2.76. The highest BCUT2D eigenvalue weighted by Gasteiger charge is 2.16. The second kappa shape index (κ2) is 4.74. The molecule has 2 heterocycles. The summed E-state index contributed by atoms with van der Waals surface area (Å²) in [5, 5.41) is 18.6. The van der Waals surface area contributed by atoms with Gasteiger partial charge in [-0.1, -0.05) is 43.5 Å². The molecule has 0 atom stereocenters. The molecule has 1 aromatic carbocycles. The summed E-state index contributed by atoms with van der Waals surface area (Å²) < 4.78 is 1.76. The van der Waals surface area contributed by atoms with Crippen molar-refractivity contribution in [3.63, 3.8) is 0 Å². The fraction of sp³-hybridized carbons (Fsp3) is 0.400. The number of nitrogens with one attached hydrogen (secondary N) is 1. The molecular weight excluding hydrogens is 250 g/mol. The molecule has 0 saturated heterocycles. The van der Waals surface area contributed by atoms with Crippen molar-refractivity contribution in [3.8, 4) is 0 Å². The number of benzene rings is 1. The van der Waals surface area contributed by atoms with E-state index in [1.807, 2.05) is 12.1 Å². The molecule has 4 rings (SSSR count). The Morgan fingerprint density at radius 1 is 1.05 bits per heavy atom. The highest BCUT2D eigenvalue weighted by atomic mass is 15.4. The zero-order valence-electron chi connectivity index (χ0n) is 11.3. The first kappa shape index (κ1) is 11.6. The fourth-order valence-electron chi connectivity index (χ4n) is 3.07. The summed E-state index contributed by atoms with van der Waals surface area (Å²) in [6.07, 6.45) is 8.10. The van der Waals surface area contributed by atoms with Gasteiger partial charge in [-0.15, -0.1) is 15.3 Å². The van der Waals surface area contributed by atoms with Gasteiger partial charge >= 0.3 is 0 Å². The number of hydrogen-bond acceptors (Lipinski definition) is 4. The number of hydrogen-bond donors (Lipinski definition) is 1. The van der Waals surface area contributed by atoms with E-state index in [2.05, 4.69) is 32.7 Å². The van der Waals surface area contributed by atoms with E-state index in [4.69, 9.17) is 0 Å². The Balaban J connectivity index is 1.83. The second-order valence-corrected chi connectivity index (χ2v) is 5.47. The van der Waals surface area contributed by atoms with Crippen LogP contribution in [0.15, 0.2) is 30.6 Å². The molecule has 3 aromatic rings. The smallest absolute Gasteiger partial charge is 0.185 e. The van der Waals surface area contributed by atoms with E-state index in [1.165, 1.54) is 32.1 Å². The summed E-state index contributed by atoms with van der Waals surface area (Å²) in [6, 6.07) is 8.79. The van der Waals surface area contributed by atoms with Crippen molar-refractivity contribution in [2.75, 3.05) is 5.32 Å². The summed E-state index contributed by atoms with van der Waals surface area (Å²) >= 11 is 0. The van der Waals surface area contributed by atoms with Gasteiger partial charge < -0.3 is 5.32 Å². The molecule has 5 nitrogen and oxygen atoms in total. The predicted octanol–water partition coefficient (Wildman–Crippen LogP) is 3.02. The van der Waals surface area contributed by atoms with Crippen LogP contribution in [-0.4, -0.2) is 25.9 Å². The lowest BCUT2D eigenvalue weighted by molar-refractivity contribution is 0.461. The van der Waals surface area contributed by atoms with Gasteiger partial charge in [0.2, 0.25) is 0 Å². The minimum Gasteiger partial charge on any atom is -0.365 e. The highest BCUT2D eigenvalue weighted by Crippen LogP contribution is 2.27. The molecule has 0 radical (unpaired) electrons. The van der Waals surface area contributed by atoms with Crippen LogP contribution in [0.1, 0.15) is 32.1 Å². The quantitative estimate of drug-likeness (QED) is 0.775. The standard InChI is InChI=1S/C15H17N5/c1-2-6-11(7-3-1)17-14-12-8-4-5-9-13(12)15-18-16-10-20(15)19-14/h4-5,8-11H,1-3,6-7H2,(H,17,19). The van der Waals surface area contributed by atoms with Crippen LogP contribution in [0.5, 0.6) is 0 Å². The Morgan fingerprint density at radius 2 is 1.85 bits per heavy atom. The Morgan fingerprint density at radius 3 is 2.70 bits per heavy atom.